The lowest BCUT2D eigenvalue weighted by Gasteiger charge is -2.04. The van der Waals surface area contributed by atoms with Crippen molar-refractivity contribution < 1.29 is 19.1 Å². The van der Waals surface area contributed by atoms with Gasteiger partial charge in [-0.05, 0) is 23.3 Å². The van der Waals surface area contributed by atoms with Crippen LogP contribution >= 0.6 is 15.9 Å². The molecule has 4 nitrogen and oxygen atoms in total. The van der Waals surface area contributed by atoms with Crippen LogP contribution in [0.15, 0.2) is 53.0 Å². The average Bonchev–Trinajstić information content (AvgIpc) is 2.54. The number of hydrogen-bond acceptors (Lipinski definition) is 4. The number of hydrogen-bond donors (Lipinski definition) is 0. The molecule has 0 radical (unpaired) electrons. The molecular formula is C17H13BrO4. The lowest BCUT2D eigenvalue weighted by Crippen LogP contribution is -2.19. The Balaban J connectivity index is 2.11. The first-order valence-corrected chi connectivity index (χ1v) is 7.31. The molecule has 0 spiro atoms. The number of methoxy groups -OCH3 is 1. The monoisotopic (exact) mass is 360 g/mol. The Bertz CT molecular complexity index is 702. The predicted octanol–water partition coefficient (Wildman–Crippen LogP) is 3.43. The van der Waals surface area contributed by atoms with Gasteiger partial charge in [0.05, 0.1) is 13.5 Å². The molecule has 0 aromatic heterocycles. The number of rotatable bonds is 5. The van der Waals surface area contributed by atoms with Gasteiger partial charge in [-0.1, -0.05) is 52.3 Å². The molecule has 2 rings (SSSR count). The molecule has 0 saturated carbocycles. The van der Waals surface area contributed by atoms with Crippen LogP contribution in [0.1, 0.15) is 16.8 Å². The summed E-state index contributed by atoms with van der Waals surface area (Å²) in [5.74, 6) is -2.25. The number of esters is 1. The second kappa shape index (κ2) is 7.13. The number of carbonyl (C=O) groups excluding carboxylic acids is 3. The summed E-state index contributed by atoms with van der Waals surface area (Å²) < 4.78 is 5.28. The van der Waals surface area contributed by atoms with Gasteiger partial charge in [0, 0.05) is 10.0 Å². The summed E-state index contributed by atoms with van der Waals surface area (Å²) in [6.45, 7) is 0. The molecule has 5 heteroatoms. The zero-order chi connectivity index (χ0) is 16.1. The Hall–Kier alpha value is -2.27. The Morgan fingerprint density at radius 1 is 0.909 bits per heavy atom. The van der Waals surface area contributed by atoms with E-state index in [0.29, 0.717) is 5.56 Å². The summed E-state index contributed by atoms with van der Waals surface area (Å²) >= 11 is 3.37. The van der Waals surface area contributed by atoms with E-state index in [-0.39, 0.29) is 0 Å². The number of carbonyl (C=O) groups is 3. The third-order valence-electron chi connectivity index (χ3n) is 3.12. The Kier molecular flexibility index (Phi) is 5.22. The summed E-state index contributed by atoms with van der Waals surface area (Å²) in [5.41, 5.74) is 2.37. The first kappa shape index (κ1) is 16.1. The molecule has 0 N–H and O–H groups in total. The van der Waals surface area contributed by atoms with Crippen LogP contribution in [-0.2, 0) is 14.3 Å². The van der Waals surface area contributed by atoms with Crippen LogP contribution in [0.2, 0.25) is 0 Å². The highest BCUT2D eigenvalue weighted by molar-refractivity contribution is 9.10. The molecule has 0 aliphatic heterocycles. The van der Waals surface area contributed by atoms with Crippen LogP contribution < -0.4 is 0 Å². The topological polar surface area (TPSA) is 60.4 Å². The van der Waals surface area contributed by atoms with Crippen LogP contribution in [0.5, 0.6) is 0 Å². The van der Waals surface area contributed by atoms with E-state index >= 15 is 0 Å². The van der Waals surface area contributed by atoms with Crippen molar-refractivity contribution in [3.8, 4) is 11.1 Å². The smallest absolute Gasteiger partial charge is 0.374 e. The Morgan fingerprint density at radius 3 is 1.91 bits per heavy atom. The molecule has 0 amide bonds. The third kappa shape index (κ3) is 3.89. The van der Waals surface area contributed by atoms with Crippen molar-refractivity contribution in [2.45, 2.75) is 6.42 Å². The van der Waals surface area contributed by atoms with Gasteiger partial charge in [0.15, 0.2) is 5.78 Å². The number of ketones is 2. The summed E-state index contributed by atoms with van der Waals surface area (Å²) in [7, 11) is 1.11. The van der Waals surface area contributed by atoms with Gasteiger partial charge in [-0.15, -0.1) is 0 Å². The highest BCUT2D eigenvalue weighted by Crippen LogP contribution is 2.22. The molecule has 2 aromatic carbocycles. The van der Waals surface area contributed by atoms with Gasteiger partial charge < -0.3 is 4.74 Å². The maximum Gasteiger partial charge on any atom is 0.374 e. The van der Waals surface area contributed by atoms with Gasteiger partial charge in [-0.25, -0.2) is 4.79 Å². The van der Waals surface area contributed by atoms with Crippen molar-refractivity contribution in [1.29, 1.82) is 0 Å². The molecule has 0 aliphatic rings. The van der Waals surface area contributed by atoms with Crippen LogP contribution in [0, 0.1) is 0 Å². The molecule has 0 unspecified atom stereocenters. The number of halogens is 1. The largest absolute Gasteiger partial charge is 0.463 e. The molecule has 0 fully saturated rings. The predicted molar refractivity (Wildman–Crippen MR) is 85.5 cm³/mol. The van der Waals surface area contributed by atoms with E-state index < -0.39 is 24.0 Å². The molecular weight excluding hydrogens is 348 g/mol. The van der Waals surface area contributed by atoms with Crippen molar-refractivity contribution in [3.63, 3.8) is 0 Å². The Labute approximate surface area is 136 Å². The van der Waals surface area contributed by atoms with E-state index in [2.05, 4.69) is 20.7 Å². The maximum atomic E-state index is 11.9. The zero-order valence-electron chi connectivity index (χ0n) is 11.8. The minimum atomic E-state index is -1.00. The molecule has 112 valence electrons. The summed E-state index contributed by atoms with van der Waals surface area (Å²) in [6.07, 6.45) is -0.482. The fourth-order valence-electron chi connectivity index (χ4n) is 1.92. The van der Waals surface area contributed by atoms with Gasteiger partial charge in [0.2, 0.25) is 5.78 Å². The highest BCUT2D eigenvalue weighted by atomic mass is 79.9. The zero-order valence-corrected chi connectivity index (χ0v) is 13.4. The highest BCUT2D eigenvalue weighted by Gasteiger charge is 2.19. The normalized spacial score (nSPS) is 10.1. The van der Waals surface area contributed by atoms with Gasteiger partial charge >= 0.3 is 5.97 Å². The van der Waals surface area contributed by atoms with Crippen molar-refractivity contribution in [2.75, 3.05) is 7.11 Å². The van der Waals surface area contributed by atoms with E-state index in [1.807, 2.05) is 24.3 Å². The van der Waals surface area contributed by atoms with Crippen molar-refractivity contribution in [2.24, 2.45) is 0 Å². The van der Waals surface area contributed by atoms with E-state index in [1.54, 1.807) is 24.3 Å². The molecule has 0 aliphatic carbocycles. The lowest BCUT2D eigenvalue weighted by atomic mass is 10.0. The molecule has 22 heavy (non-hydrogen) atoms. The van der Waals surface area contributed by atoms with E-state index in [0.717, 1.165) is 22.7 Å². The summed E-state index contributed by atoms with van der Waals surface area (Å²) in [5, 5.41) is 0. The van der Waals surface area contributed by atoms with Crippen molar-refractivity contribution in [1.82, 2.24) is 0 Å². The second-order valence-corrected chi connectivity index (χ2v) is 5.51. The van der Waals surface area contributed by atoms with E-state index in [9.17, 15) is 14.4 Å². The second-order valence-electron chi connectivity index (χ2n) is 4.60. The fourth-order valence-corrected chi connectivity index (χ4v) is 2.19. The Morgan fingerprint density at radius 2 is 1.41 bits per heavy atom. The lowest BCUT2D eigenvalue weighted by molar-refractivity contribution is -0.151. The molecule has 2 aromatic rings. The van der Waals surface area contributed by atoms with Crippen LogP contribution in [0.3, 0.4) is 0 Å². The van der Waals surface area contributed by atoms with Gasteiger partial charge in [-0.3, -0.25) is 9.59 Å². The number of benzene rings is 2. The quantitative estimate of drug-likeness (QED) is 0.354. The minimum Gasteiger partial charge on any atom is -0.463 e. The molecule has 0 atom stereocenters. The van der Waals surface area contributed by atoms with Gasteiger partial charge in [-0.2, -0.15) is 0 Å². The first-order valence-electron chi connectivity index (χ1n) is 6.51. The van der Waals surface area contributed by atoms with Crippen LogP contribution in [-0.4, -0.2) is 24.6 Å². The summed E-state index contributed by atoms with van der Waals surface area (Å²) in [6, 6.07) is 14.7. The van der Waals surface area contributed by atoms with Gasteiger partial charge in [0.25, 0.3) is 0 Å². The van der Waals surface area contributed by atoms with Crippen molar-refractivity contribution in [3.05, 3.63) is 58.6 Å². The van der Waals surface area contributed by atoms with E-state index in [4.69, 9.17) is 0 Å². The SMILES string of the molecule is COC(=O)C(=O)CC(=O)c1ccc(-c2ccc(Br)cc2)cc1. The molecule has 0 heterocycles. The minimum absolute atomic E-state index is 0.387. The maximum absolute atomic E-state index is 11.9. The molecule has 0 saturated heterocycles. The van der Waals surface area contributed by atoms with Crippen LogP contribution in [0.25, 0.3) is 11.1 Å². The third-order valence-corrected chi connectivity index (χ3v) is 3.65. The first-order chi connectivity index (χ1) is 10.5. The van der Waals surface area contributed by atoms with Crippen LogP contribution in [0.4, 0.5) is 0 Å². The molecule has 0 bridgehead atoms. The standard InChI is InChI=1S/C17H13BrO4/c1-22-17(21)16(20)10-15(19)13-4-2-11(3-5-13)12-6-8-14(18)9-7-12/h2-9H,10H2,1H3. The van der Waals surface area contributed by atoms with E-state index in [1.165, 1.54) is 0 Å². The van der Waals surface area contributed by atoms with Gasteiger partial charge in [0.1, 0.15) is 0 Å². The average molecular weight is 361 g/mol. The van der Waals surface area contributed by atoms with Crippen molar-refractivity contribution >= 4 is 33.5 Å². The number of ether oxygens (including phenoxy) is 1. The summed E-state index contributed by atoms with van der Waals surface area (Å²) in [4.78, 5) is 34.3. The fraction of sp³-hybridized carbons (Fsp3) is 0.118. The number of Topliss-reactive ketones (excluding diaryl/α,β-unsaturated/α-hetero) is 2.